The van der Waals surface area contributed by atoms with Gasteiger partial charge in [0.25, 0.3) is 0 Å². The molecule has 4 rings (SSSR count). The Kier molecular flexibility index (Phi) is 4.29. The van der Waals surface area contributed by atoms with E-state index in [1.165, 1.54) is 9.10 Å². The number of benzene rings is 1. The van der Waals surface area contributed by atoms with Gasteiger partial charge in [0.05, 0.1) is 29.5 Å². The summed E-state index contributed by atoms with van der Waals surface area (Å²) in [5, 5.41) is 16.3. The minimum atomic E-state index is -3.45. The van der Waals surface area contributed by atoms with Crippen molar-refractivity contribution >= 4 is 10.0 Å². The maximum atomic E-state index is 12.7. The molecule has 0 N–H and O–H groups in total. The third kappa shape index (κ3) is 3.13. The van der Waals surface area contributed by atoms with Crippen LogP contribution in [0.2, 0.25) is 0 Å². The number of rotatable bonds is 6. The van der Waals surface area contributed by atoms with Gasteiger partial charge in [-0.15, -0.1) is 5.10 Å². The van der Waals surface area contributed by atoms with Gasteiger partial charge >= 0.3 is 0 Å². The van der Waals surface area contributed by atoms with E-state index in [2.05, 4.69) is 20.5 Å². The highest BCUT2D eigenvalue weighted by Gasteiger charge is 2.38. The molecular formula is C16H19N7O2S. The van der Waals surface area contributed by atoms with Gasteiger partial charge in [-0.05, 0) is 24.1 Å². The van der Waals surface area contributed by atoms with Crippen molar-refractivity contribution < 1.29 is 8.42 Å². The molecule has 3 aromatic rings. The van der Waals surface area contributed by atoms with E-state index in [9.17, 15) is 8.42 Å². The second-order valence-corrected chi connectivity index (χ2v) is 8.16. The first-order chi connectivity index (χ1) is 12.6. The molecular weight excluding hydrogens is 354 g/mol. The van der Waals surface area contributed by atoms with Gasteiger partial charge in [-0.25, -0.2) is 13.1 Å². The van der Waals surface area contributed by atoms with Gasteiger partial charge in [0.2, 0.25) is 10.0 Å². The van der Waals surface area contributed by atoms with Crippen molar-refractivity contribution in [2.24, 2.45) is 0 Å². The van der Waals surface area contributed by atoms with Crippen LogP contribution in [0.4, 0.5) is 0 Å². The largest absolute Gasteiger partial charge is 0.246 e. The monoisotopic (exact) mass is 373 g/mol. The molecule has 0 atom stereocenters. The Bertz CT molecular complexity index is 974. The van der Waals surface area contributed by atoms with Gasteiger partial charge in [-0.1, -0.05) is 24.3 Å². The van der Waals surface area contributed by atoms with Crippen LogP contribution in [0.5, 0.6) is 0 Å². The molecule has 0 amide bonds. The van der Waals surface area contributed by atoms with E-state index in [4.69, 9.17) is 0 Å². The number of aromatic nitrogens is 6. The first kappa shape index (κ1) is 16.9. The molecule has 0 saturated carbocycles. The van der Waals surface area contributed by atoms with E-state index < -0.39 is 10.0 Å². The molecule has 9 nitrogen and oxygen atoms in total. The summed E-state index contributed by atoms with van der Waals surface area (Å²) in [5.41, 5.74) is 1.85. The molecule has 1 aromatic carbocycles. The minimum Gasteiger partial charge on any atom is -0.246 e. The predicted octanol–water partition coefficient (Wildman–Crippen LogP) is 0.726. The van der Waals surface area contributed by atoms with E-state index in [1.54, 1.807) is 29.2 Å². The lowest BCUT2D eigenvalue weighted by Crippen LogP contribution is -2.50. The van der Waals surface area contributed by atoms with Crippen LogP contribution in [0.15, 0.2) is 47.8 Å². The van der Waals surface area contributed by atoms with E-state index in [0.717, 1.165) is 17.7 Å². The van der Waals surface area contributed by atoms with Crippen molar-refractivity contribution in [1.82, 2.24) is 34.3 Å². The van der Waals surface area contributed by atoms with Gasteiger partial charge in [0, 0.05) is 13.1 Å². The van der Waals surface area contributed by atoms with E-state index in [-0.39, 0.29) is 6.04 Å². The highest BCUT2D eigenvalue weighted by molar-refractivity contribution is 7.89. The lowest BCUT2D eigenvalue weighted by Gasteiger charge is -2.37. The number of hydrogen-bond donors (Lipinski definition) is 0. The Morgan fingerprint density at radius 1 is 1.12 bits per heavy atom. The van der Waals surface area contributed by atoms with Crippen LogP contribution >= 0.6 is 0 Å². The average molecular weight is 373 g/mol. The van der Waals surface area contributed by atoms with Crippen LogP contribution in [-0.4, -0.2) is 55.8 Å². The van der Waals surface area contributed by atoms with Crippen molar-refractivity contribution in [2.45, 2.75) is 30.8 Å². The molecule has 1 fully saturated rings. The lowest BCUT2D eigenvalue weighted by molar-refractivity contribution is 0.189. The summed E-state index contributed by atoms with van der Waals surface area (Å²) in [5.74, 6) is 0. The molecule has 0 spiro atoms. The molecule has 136 valence electrons. The minimum absolute atomic E-state index is 0.00785. The van der Waals surface area contributed by atoms with Crippen molar-refractivity contribution in [3.8, 4) is 0 Å². The van der Waals surface area contributed by atoms with E-state index >= 15 is 0 Å². The molecule has 0 bridgehead atoms. The molecule has 10 heteroatoms. The SMILES string of the molecule is CCc1ccc(S(=O)(=O)N2CC(n3cc(Cn4nccn4)nn3)C2)cc1. The third-order valence-corrected chi connectivity index (χ3v) is 6.35. The maximum absolute atomic E-state index is 12.7. The summed E-state index contributed by atoms with van der Waals surface area (Å²) in [6.45, 7) is 3.26. The number of aryl methyl sites for hydroxylation is 1. The molecule has 0 aliphatic carbocycles. The second-order valence-electron chi connectivity index (χ2n) is 6.22. The van der Waals surface area contributed by atoms with Crippen LogP contribution in [0.3, 0.4) is 0 Å². The van der Waals surface area contributed by atoms with Crippen molar-refractivity contribution in [3.63, 3.8) is 0 Å². The summed E-state index contributed by atoms with van der Waals surface area (Å²) < 4.78 is 28.5. The number of nitrogens with zero attached hydrogens (tertiary/aromatic N) is 7. The van der Waals surface area contributed by atoms with Gasteiger partial charge in [0.1, 0.15) is 12.2 Å². The summed E-state index contributed by atoms with van der Waals surface area (Å²) in [4.78, 5) is 1.85. The normalized spacial score (nSPS) is 15.9. The third-order valence-electron chi connectivity index (χ3n) is 4.50. The zero-order valence-electron chi connectivity index (χ0n) is 14.3. The summed E-state index contributed by atoms with van der Waals surface area (Å²) in [7, 11) is -3.45. The Balaban J connectivity index is 1.40. The van der Waals surface area contributed by atoms with Gasteiger partial charge in [-0.2, -0.15) is 19.3 Å². The molecule has 1 saturated heterocycles. The molecule has 1 aliphatic rings. The fraction of sp³-hybridized carbons (Fsp3) is 0.375. The maximum Gasteiger partial charge on any atom is 0.243 e. The van der Waals surface area contributed by atoms with Gasteiger partial charge in [0.15, 0.2) is 0 Å². The predicted molar refractivity (Wildman–Crippen MR) is 92.8 cm³/mol. The summed E-state index contributed by atoms with van der Waals surface area (Å²) >= 11 is 0. The van der Waals surface area contributed by atoms with Crippen molar-refractivity contribution in [2.75, 3.05) is 13.1 Å². The van der Waals surface area contributed by atoms with Crippen LogP contribution in [0.1, 0.15) is 24.2 Å². The fourth-order valence-electron chi connectivity index (χ4n) is 2.86. The van der Waals surface area contributed by atoms with Crippen LogP contribution < -0.4 is 0 Å². The molecule has 2 aromatic heterocycles. The first-order valence-corrected chi connectivity index (χ1v) is 9.84. The molecule has 0 unspecified atom stereocenters. The van der Waals surface area contributed by atoms with E-state index in [0.29, 0.717) is 24.5 Å². The van der Waals surface area contributed by atoms with Gasteiger partial charge in [-0.3, -0.25) is 0 Å². The Morgan fingerprint density at radius 3 is 2.46 bits per heavy atom. The molecule has 1 aliphatic heterocycles. The molecule has 26 heavy (non-hydrogen) atoms. The Labute approximate surface area is 151 Å². The quantitative estimate of drug-likeness (QED) is 0.631. The van der Waals surface area contributed by atoms with Crippen molar-refractivity contribution in [3.05, 3.63) is 54.1 Å². The molecule has 0 radical (unpaired) electrons. The topological polar surface area (TPSA) is 98.8 Å². The van der Waals surface area contributed by atoms with E-state index in [1.807, 2.05) is 25.3 Å². The van der Waals surface area contributed by atoms with Crippen LogP contribution in [-0.2, 0) is 23.0 Å². The lowest BCUT2D eigenvalue weighted by atomic mass is 10.2. The Morgan fingerprint density at radius 2 is 1.81 bits per heavy atom. The van der Waals surface area contributed by atoms with Gasteiger partial charge < -0.3 is 0 Å². The summed E-state index contributed by atoms with van der Waals surface area (Å²) in [6.07, 6.45) is 5.90. The fourth-order valence-corrected chi connectivity index (χ4v) is 4.38. The van der Waals surface area contributed by atoms with Crippen molar-refractivity contribution in [1.29, 1.82) is 0 Å². The number of sulfonamides is 1. The zero-order valence-corrected chi connectivity index (χ0v) is 15.1. The second kappa shape index (κ2) is 6.61. The zero-order chi connectivity index (χ0) is 18.1. The molecule has 3 heterocycles. The number of hydrogen-bond acceptors (Lipinski definition) is 6. The van der Waals surface area contributed by atoms with Crippen LogP contribution in [0.25, 0.3) is 0 Å². The highest BCUT2D eigenvalue weighted by atomic mass is 32.2. The average Bonchev–Trinajstić information content (AvgIpc) is 3.26. The summed E-state index contributed by atoms with van der Waals surface area (Å²) in [6, 6.07) is 7.05. The highest BCUT2D eigenvalue weighted by Crippen LogP contribution is 2.28. The first-order valence-electron chi connectivity index (χ1n) is 8.40. The smallest absolute Gasteiger partial charge is 0.243 e. The standard InChI is InChI=1S/C16H19N7O2S/c1-2-13-3-5-16(6-4-13)26(24,25)21-11-15(12-21)22-9-14(19-20-22)10-23-17-7-8-18-23/h3-9,15H,2,10-12H2,1H3. The Hall–Kier alpha value is -2.59. The van der Waals surface area contributed by atoms with Crippen LogP contribution in [0, 0.1) is 0 Å².